The number of nitrogens with zero attached hydrogens (tertiary/aromatic N) is 2. The van der Waals surface area contributed by atoms with E-state index >= 15 is 0 Å². The molecule has 0 bridgehead atoms. The quantitative estimate of drug-likeness (QED) is 0.929. The topological polar surface area (TPSA) is 36.4 Å². The second-order valence-electron chi connectivity index (χ2n) is 5.46. The molecular formula is C17H20N2O. The molecule has 2 unspecified atom stereocenters. The normalized spacial score (nSPS) is 23.6. The van der Waals surface area contributed by atoms with Gasteiger partial charge in [-0.1, -0.05) is 30.3 Å². The van der Waals surface area contributed by atoms with Crippen LogP contribution in [0.25, 0.3) is 0 Å². The summed E-state index contributed by atoms with van der Waals surface area (Å²) in [5.74, 6) is 0.190. The van der Waals surface area contributed by atoms with Gasteiger partial charge in [-0.15, -0.1) is 0 Å². The molecule has 2 heterocycles. The Hall–Kier alpha value is -1.71. The van der Waals surface area contributed by atoms with E-state index in [-0.39, 0.29) is 12.0 Å². The lowest BCUT2D eigenvalue weighted by molar-refractivity contribution is 0.0568. The third kappa shape index (κ3) is 3.06. The van der Waals surface area contributed by atoms with Crippen LogP contribution in [0.5, 0.6) is 0 Å². The molecule has 0 aliphatic carbocycles. The van der Waals surface area contributed by atoms with Crippen molar-refractivity contribution in [2.75, 3.05) is 13.1 Å². The van der Waals surface area contributed by atoms with Crippen LogP contribution in [0, 0.1) is 0 Å². The van der Waals surface area contributed by atoms with Gasteiger partial charge < -0.3 is 5.11 Å². The van der Waals surface area contributed by atoms with Crippen molar-refractivity contribution in [3.05, 3.63) is 66.0 Å². The SMILES string of the molecule is OC1CCN(Cc2ccccc2)CC1c1ccncc1. The molecule has 0 spiro atoms. The first-order valence-corrected chi connectivity index (χ1v) is 7.17. The number of aliphatic hydroxyl groups excluding tert-OH is 1. The fourth-order valence-electron chi connectivity index (χ4n) is 2.93. The fraction of sp³-hybridized carbons (Fsp3) is 0.353. The van der Waals surface area contributed by atoms with E-state index in [0.717, 1.165) is 26.1 Å². The molecule has 3 heteroatoms. The van der Waals surface area contributed by atoms with Gasteiger partial charge in [0.25, 0.3) is 0 Å². The smallest absolute Gasteiger partial charge is 0.0633 e. The van der Waals surface area contributed by atoms with Gasteiger partial charge in [-0.3, -0.25) is 9.88 Å². The number of aliphatic hydroxyl groups is 1. The van der Waals surface area contributed by atoms with Crippen molar-refractivity contribution in [2.24, 2.45) is 0 Å². The zero-order valence-corrected chi connectivity index (χ0v) is 11.5. The van der Waals surface area contributed by atoms with Gasteiger partial charge in [0, 0.05) is 37.9 Å². The summed E-state index contributed by atoms with van der Waals surface area (Å²) in [6.07, 6.45) is 4.19. The summed E-state index contributed by atoms with van der Waals surface area (Å²) < 4.78 is 0. The maximum absolute atomic E-state index is 10.3. The Morgan fingerprint density at radius 1 is 1.10 bits per heavy atom. The van der Waals surface area contributed by atoms with Crippen molar-refractivity contribution in [1.29, 1.82) is 0 Å². The summed E-state index contributed by atoms with van der Waals surface area (Å²) in [6, 6.07) is 14.5. The van der Waals surface area contributed by atoms with Crippen molar-refractivity contribution in [3.8, 4) is 0 Å². The Balaban J connectivity index is 1.70. The standard InChI is InChI=1S/C17H20N2O/c20-17-8-11-19(12-14-4-2-1-3-5-14)13-16(17)15-6-9-18-10-7-15/h1-7,9-10,16-17,20H,8,11-13H2. The number of benzene rings is 1. The van der Waals surface area contributed by atoms with E-state index in [9.17, 15) is 5.11 Å². The van der Waals surface area contributed by atoms with Crippen molar-refractivity contribution < 1.29 is 5.11 Å². The number of rotatable bonds is 3. The van der Waals surface area contributed by atoms with E-state index in [0.29, 0.717) is 0 Å². The molecule has 1 aromatic heterocycles. The number of hydrogen-bond acceptors (Lipinski definition) is 3. The number of likely N-dealkylation sites (tertiary alicyclic amines) is 1. The summed E-state index contributed by atoms with van der Waals surface area (Å²) in [5, 5.41) is 10.3. The minimum Gasteiger partial charge on any atom is -0.392 e. The highest BCUT2D eigenvalue weighted by molar-refractivity contribution is 5.20. The average molecular weight is 268 g/mol. The molecule has 104 valence electrons. The lowest BCUT2D eigenvalue weighted by atomic mass is 9.88. The maximum atomic E-state index is 10.3. The molecule has 3 rings (SSSR count). The Morgan fingerprint density at radius 3 is 2.60 bits per heavy atom. The van der Waals surface area contributed by atoms with Crippen molar-refractivity contribution >= 4 is 0 Å². The predicted molar refractivity (Wildman–Crippen MR) is 79.3 cm³/mol. The molecule has 1 aromatic carbocycles. The highest BCUT2D eigenvalue weighted by Gasteiger charge is 2.28. The molecule has 1 aliphatic heterocycles. The monoisotopic (exact) mass is 268 g/mol. The number of aromatic nitrogens is 1. The van der Waals surface area contributed by atoms with Crippen LogP contribution in [0.1, 0.15) is 23.5 Å². The highest BCUT2D eigenvalue weighted by Crippen LogP contribution is 2.27. The van der Waals surface area contributed by atoms with E-state index in [1.807, 2.05) is 18.2 Å². The molecule has 0 saturated carbocycles. The second kappa shape index (κ2) is 6.16. The van der Waals surface area contributed by atoms with E-state index in [4.69, 9.17) is 0 Å². The Bertz CT molecular complexity index is 529. The Morgan fingerprint density at radius 2 is 1.85 bits per heavy atom. The summed E-state index contributed by atoms with van der Waals surface area (Å²) in [6.45, 7) is 2.81. The van der Waals surface area contributed by atoms with Crippen LogP contribution in [0.3, 0.4) is 0 Å². The summed E-state index contributed by atoms with van der Waals surface area (Å²) >= 11 is 0. The maximum Gasteiger partial charge on any atom is 0.0633 e. The Kier molecular flexibility index (Phi) is 4.09. The van der Waals surface area contributed by atoms with Gasteiger partial charge >= 0.3 is 0 Å². The number of piperidine rings is 1. The Labute approximate surface area is 119 Å². The molecule has 1 fully saturated rings. The molecule has 1 saturated heterocycles. The molecule has 0 radical (unpaired) electrons. The van der Waals surface area contributed by atoms with Crippen LogP contribution in [0.2, 0.25) is 0 Å². The lowest BCUT2D eigenvalue weighted by Crippen LogP contribution is -2.41. The van der Waals surface area contributed by atoms with Crippen molar-refractivity contribution in [1.82, 2.24) is 9.88 Å². The molecular weight excluding hydrogens is 248 g/mol. The zero-order valence-electron chi connectivity index (χ0n) is 11.5. The molecule has 1 N–H and O–H groups in total. The number of hydrogen-bond donors (Lipinski definition) is 1. The van der Waals surface area contributed by atoms with E-state index < -0.39 is 0 Å². The summed E-state index contributed by atoms with van der Waals surface area (Å²) in [5.41, 5.74) is 2.52. The van der Waals surface area contributed by atoms with E-state index in [2.05, 4.69) is 34.1 Å². The molecule has 3 nitrogen and oxygen atoms in total. The van der Waals surface area contributed by atoms with Crippen molar-refractivity contribution in [2.45, 2.75) is 25.0 Å². The van der Waals surface area contributed by atoms with E-state index in [1.54, 1.807) is 12.4 Å². The van der Waals surface area contributed by atoms with E-state index in [1.165, 1.54) is 11.1 Å². The third-order valence-corrected chi connectivity index (χ3v) is 4.04. The van der Waals surface area contributed by atoms with Gasteiger partial charge in [-0.05, 0) is 29.7 Å². The van der Waals surface area contributed by atoms with Gasteiger partial charge in [0.1, 0.15) is 0 Å². The average Bonchev–Trinajstić information content (AvgIpc) is 2.51. The van der Waals surface area contributed by atoms with Gasteiger partial charge in [0.15, 0.2) is 0 Å². The predicted octanol–water partition coefficient (Wildman–Crippen LogP) is 2.43. The summed E-state index contributed by atoms with van der Waals surface area (Å²) in [7, 11) is 0. The third-order valence-electron chi connectivity index (χ3n) is 4.04. The van der Waals surface area contributed by atoms with Crippen LogP contribution in [0.15, 0.2) is 54.9 Å². The van der Waals surface area contributed by atoms with Crippen LogP contribution >= 0.6 is 0 Å². The van der Waals surface area contributed by atoms with Gasteiger partial charge in [-0.25, -0.2) is 0 Å². The van der Waals surface area contributed by atoms with Crippen LogP contribution in [-0.2, 0) is 6.54 Å². The van der Waals surface area contributed by atoms with Gasteiger partial charge in [0.2, 0.25) is 0 Å². The molecule has 2 atom stereocenters. The largest absolute Gasteiger partial charge is 0.392 e. The zero-order chi connectivity index (χ0) is 13.8. The first kappa shape index (κ1) is 13.3. The number of pyridine rings is 1. The first-order valence-electron chi connectivity index (χ1n) is 7.17. The molecule has 1 aliphatic rings. The molecule has 20 heavy (non-hydrogen) atoms. The van der Waals surface area contributed by atoms with Gasteiger partial charge in [0.05, 0.1) is 6.10 Å². The van der Waals surface area contributed by atoms with Gasteiger partial charge in [-0.2, -0.15) is 0 Å². The fourth-order valence-corrected chi connectivity index (χ4v) is 2.93. The lowest BCUT2D eigenvalue weighted by Gasteiger charge is -2.36. The highest BCUT2D eigenvalue weighted by atomic mass is 16.3. The molecule has 2 aromatic rings. The minimum absolute atomic E-state index is 0.190. The molecule has 0 amide bonds. The minimum atomic E-state index is -0.246. The van der Waals surface area contributed by atoms with Crippen LogP contribution in [-0.4, -0.2) is 34.2 Å². The van der Waals surface area contributed by atoms with Crippen LogP contribution < -0.4 is 0 Å². The summed E-state index contributed by atoms with van der Waals surface area (Å²) in [4.78, 5) is 6.48. The van der Waals surface area contributed by atoms with Crippen molar-refractivity contribution in [3.63, 3.8) is 0 Å². The van der Waals surface area contributed by atoms with Crippen LogP contribution in [0.4, 0.5) is 0 Å². The first-order chi connectivity index (χ1) is 9.83. The second-order valence-corrected chi connectivity index (χ2v) is 5.46.